The monoisotopic (exact) mass is 362 g/mol. The first-order chi connectivity index (χ1) is 11.9. The summed E-state index contributed by atoms with van der Waals surface area (Å²) < 4.78 is 13.3. The van der Waals surface area contributed by atoms with Crippen LogP contribution >= 0.6 is 11.6 Å². The summed E-state index contributed by atoms with van der Waals surface area (Å²) in [4.78, 5) is 23.1. The highest BCUT2D eigenvalue weighted by Gasteiger charge is 2.23. The zero-order valence-electron chi connectivity index (χ0n) is 14.2. The van der Waals surface area contributed by atoms with Gasteiger partial charge in [-0.25, -0.2) is 14.4 Å². The van der Waals surface area contributed by atoms with Gasteiger partial charge in [-0.15, -0.1) is 0 Å². The molecular weight excluding hydrogens is 343 g/mol. The van der Waals surface area contributed by atoms with Crippen molar-refractivity contribution in [1.29, 1.82) is 0 Å². The van der Waals surface area contributed by atoms with Gasteiger partial charge in [0, 0.05) is 24.8 Å². The molecule has 1 aliphatic rings. The number of aryl methyl sites for hydroxylation is 1. The van der Waals surface area contributed by atoms with E-state index in [9.17, 15) is 9.18 Å². The first-order valence-corrected chi connectivity index (χ1v) is 8.67. The molecule has 0 spiro atoms. The summed E-state index contributed by atoms with van der Waals surface area (Å²) in [6.45, 7) is 5.43. The molecule has 0 bridgehead atoms. The van der Waals surface area contributed by atoms with Crippen molar-refractivity contribution in [3.05, 3.63) is 46.6 Å². The van der Waals surface area contributed by atoms with Crippen LogP contribution in [0, 0.1) is 18.7 Å². The first kappa shape index (κ1) is 17.6. The Morgan fingerprint density at radius 3 is 2.68 bits per heavy atom. The summed E-state index contributed by atoms with van der Waals surface area (Å²) in [6, 6.07) is 5.93. The second kappa shape index (κ2) is 7.35. The quantitative estimate of drug-likeness (QED) is 0.889. The maximum Gasteiger partial charge on any atom is 0.272 e. The van der Waals surface area contributed by atoms with Crippen LogP contribution in [0.15, 0.2) is 24.3 Å². The van der Waals surface area contributed by atoms with Gasteiger partial charge in [-0.3, -0.25) is 4.79 Å². The number of nitrogens with zero attached hydrogens (tertiary/aromatic N) is 3. The zero-order valence-corrected chi connectivity index (χ0v) is 15.0. The predicted molar refractivity (Wildman–Crippen MR) is 95.8 cm³/mol. The fourth-order valence-electron chi connectivity index (χ4n) is 2.84. The number of aromatic nitrogens is 2. The number of hydrogen-bond acceptors (Lipinski definition) is 4. The van der Waals surface area contributed by atoms with Crippen LogP contribution in [0.5, 0.6) is 0 Å². The Bertz CT molecular complexity index is 791. The summed E-state index contributed by atoms with van der Waals surface area (Å²) in [5, 5.41) is 3.07. The maximum absolute atomic E-state index is 13.3. The molecule has 3 rings (SSSR count). The fraction of sp³-hybridized carbons (Fsp3) is 0.389. The van der Waals surface area contributed by atoms with Gasteiger partial charge in [0.2, 0.25) is 0 Å². The lowest BCUT2D eigenvalue weighted by Gasteiger charge is -2.30. The third-order valence-electron chi connectivity index (χ3n) is 4.32. The second-order valence-corrected chi connectivity index (χ2v) is 6.82. The molecule has 0 aliphatic carbocycles. The summed E-state index contributed by atoms with van der Waals surface area (Å²) in [5.41, 5.74) is 0.951. The van der Waals surface area contributed by atoms with Crippen molar-refractivity contribution in [2.24, 2.45) is 5.92 Å². The minimum atomic E-state index is -0.485. The van der Waals surface area contributed by atoms with Crippen molar-refractivity contribution in [1.82, 2.24) is 14.9 Å². The van der Waals surface area contributed by atoms with Crippen LogP contribution in [0.3, 0.4) is 0 Å². The predicted octanol–water partition coefficient (Wildman–Crippen LogP) is 4.19. The molecule has 1 aromatic carbocycles. The van der Waals surface area contributed by atoms with Gasteiger partial charge in [0.15, 0.2) is 0 Å². The Morgan fingerprint density at radius 1 is 1.28 bits per heavy atom. The molecule has 132 valence electrons. The SMILES string of the molecule is Cc1nc(Nc2ccc(F)c(Cl)c2)cc(C(=O)N2CCC(C)CC2)n1. The molecule has 2 heterocycles. The van der Waals surface area contributed by atoms with E-state index < -0.39 is 5.82 Å². The molecule has 1 amide bonds. The Morgan fingerprint density at radius 2 is 2.00 bits per heavy atom. The number of carbonyl (C=O) groups is 1. The van der Waals surface area contributed by atoms with E-state index in [4.69, 9.17) is 11.6 Å². The second-order valence-electron chi connectivity index (χ2n) is 6.41. The van der Waals surface area contributed by atoms with Gasteiger partial charge in [0.05, 0.1) is 5.02 Å². The van der Waals surface area contributed by atoms with Crippen molar-refractivity contribution in [2.45, 2.75) is 26.7 Å². The molecule has 1 N–H and O–H groups in total. The Kier molecular flexibility index (Phi) is 5.18. The lowest BCUT2D eigenvalue weighted by atomic mass is 9.99. The van der Waals surface area contributed by atoms with E-state index in [1.165, 1.54) is 12.1 Å². The number of rotatable bonds is 3. The highest BCUT2D eigenvalue weighted by molar-refractivity contribution is 6.31. The third-order valence-corrected chi connectivity index (χ3v) is 4.61. The minimum Gasteiger partial charge on any atom is -0.340 e. The highest BCUT2D eigenvalue weighted by atomic mass is 35.5. The van der Waals surface area contributed by atoms with Crippen LogP contribution in [-0.2, 0) is 0 Å². The standard InChI is InChI=1S/C18H20ClFN4O/c1-11-5-7-24(8-6-11)18(25)16-10-17(22-12(2)21-16)23-13-3-4-15(20)14(19)9-13/h3-4,9-11H,5-8H2,1-2H3,(H,21,22,23). The highest BCUT2D eigenvalue weighted by Crippen LogP contribution is 2.23. The van der Waals surface area contributed by atoms with Gasteiger partial charge in [-0.2, -0.15) is 0 Å². The van der Waals surface area contributed by atoms with Crippen LogP contribution < -0.4 is 5.32 Å². The smallest absolute Gasteiger partial charge is 0.272 e. The molecule has 1 aromatic heterocycles. The van der Waals surface area contributed by atoms with Crippen LogP contribution in [0.1, 0.15) is 36.1 Å². The zero-order chi connectivity index (χ0) is 18.0. The average Bonchev–Trinajstić information content (AvgIpc) is 2.58. The number of anilines is 2. The van der Waals surface area contributed by atoms with Gasteiger partial charge >= 0.3 is 0 Å². The first-order valence-electron chi connectivity index (χ1n) is 8.29. The summed E-state index contributed by atoms with van der Waals surface area (Å²) in [5.74, 6) is 1.05. The number of likely N-dealkylation sites (tertiary alicyclic amines) is 1. The topological polar surface area (TPSA) is 58.1 Å². The fourth-order valence-corrected chi connectivity index (χ4v) is 3.02. The molecular formula is C18H20ClFN4O. The molecule has 25 heavy (non-hydrogen) atoms. The Balaban J connectivity index is 1.80. The van der Waals surface area contributed by atoms with E-state index in [1.807, 2.05) is 4.90 Å². The molecule has 5 nitrogen and oxygen atoms in total. The minimum absolute atomic E-state index is 0.0227. The van der Waals surface area contributed by atoms with Crippen molar-refractivity contribution in [3.63, 3.8) is 0 Å². The van der Waals surface area contributed by atoms with Crippen molar-refractivity contribution < 1.29 is 9.18 Å². The van der Waals surface area contributed by atoms with Crippen molar-refractivity contribution in [3.8, 4) is 0 Å². The number of carbonyl (C=O) groups excluding carboxylic acids is 1. The van der Waals surface area contributed by atoms with Gasteiger partial charge in [0.1, 0.15) is 23.2 Å². The van der Waals surface area contributed by atoms with Gasteiger partial charge in [-0.05, 0) is 43.9 Å². The van der Waals surface area contributed by atoms with Gasteiger partial charge < -0.3 is 10.2 Å². The Hall–Kier alpha value is -2.21. The number of halogens is 2. The summed E-state index contributed by atoms with van der Waals surface area (Å²) in [6.07, 6.45) is 2.02. The molecule has 1 fully saturated rings. The van der Waals surface area contributed by atoms with E-state index in [2.05, 4.69) is 22.2 Å². The number of nitrogens with one attached hydrogen (secondary N) is 1. The normalized spacial score (nSPS) is 15.3. The number of amides is 1. The molecule has 0 unspecified atom stereocenters. The van der Waals surface area contributed by atoms with Crippen molar-refractivity contribution in [2.75, 3.05) is 18.4 Å². The van der Waals surface area contributed by atoms with Gasteiger partial charge in [-0.1, -0.05) is 18.5 Å². The summed E-state index contributed by atoms with van der Waals surface area (Å²) in [7, 11) is 0. The van der Waals surface area contributed by atoms with E-state index in [-0.39, 0.29) is 10.9 Å². The number of benzene rings is 1. The van der Waals surface area contributed by atoms with E-state index in [1.54, 1.807) is 19.1 Å². The molecule has 0 radical (unpaired) electrons. The average molecular weight is 363 g/mol. The van der Waals surface area contributed by atoms with Crippen LogP contribution in [-0.4, -0.2) is 33.9 Å². The van der Waals surface area contributed by atoms with E-state index in [0.717, 1.165) is 25.9 Å². The third kappa shape index (κ3) is 4.25. The van der Waals surface area contributed by atoms with Crippen LogP contribution in [0.2, 0.25) is 5.02 Å². The number of hydrogen-bond donors (Lipinski definition) is 1. The lowest BCUT2D eigenvalue weighted by molar-refractivity contribution is 0.0691. The van der Waals surface area contributed by atoms with E-state index >= 15 is 0 Å². The van der Waals surface area contributed by atoms with Crippen LogP contribution in [0.25, 0.3) is 0 Å². The van der Waals surface area contributed by atoms with Gasteiger partial charge in [0.25, 0.3) is 5.91 Å². The summed E-state index contributed by atoms with van der Waals surface area (Å²) >= 11 is 5.80. The molecule has 2 aromatic rings. The lowest BCUT2D eigenvalue weighted by Crippen LogP contribution is -2.38. The molecule has 0 saturated carbocycles. The van der Waals surface area contributed by atoms with Crippen molar-refractivity contribution >= 4 is 29.0 Å². The molecule has 7 heteroatoms. The van der Waals surface area contributed by atoms with E-state index in [0.29, 0.717) is 28.9 Å². The molecule has 1 aliphatic heterocycles. The van der Waals surface area contributed by atoms with Crippen LogP contribution in [0.4, 0.5) is 15.9 Å². The molecule has 0 atom stereocenters. The Labute approximate surface area is 151 Å². The largest absolute Gasteiger partial charge is 0.340 e. The number of piperidine rings is 1. The maximum atomic E-state index is 13.3. The molecule has 1 saturated heterocycles.